The Hall–Kier alpha value is -2.99. The summed E-state index contributed by atoms with van der Waals surface area (Å²) in [4.78, 5) is 12.9. The van der Waals surface area contributed by atoms with Gasteiger partial charge in [-0.15, -0.1) is 4.76 Å². The van der Waals surface area contributed by atoms with Gasteiger partial charge in [-0.25, -0.2) is 4.57 Å². The Kier molecular flexibility index (Phi) is 7.25. The summed E-state index contributed by atoms with van der Waals surface area (Å²) >= 11 is 0. The highest BCUT2D eigenvalue weighted by atomic mass is 31.2. The highest BCUT2D eigenvalue weighted by Crippen LogP contribution is 2.50. The minimum atomic E-state index is -4.06. The van der Waals surface area contributed by atoms with Crippen molar-refractivity contribution in [2.24, 2.45) is 10.5 Å². The molecule has 2 rings (SSSR count). The molecule has 0 aliphatic carbocycles. The molecular formula is C18H22N3O5P. The second-order valence-corrected chi connectivity index (χ2v) is 6.90. The molecule has 0 saturated carbocycles. The molecule has 0 radical (unpaired) electrons. The Balaban J connectivity index is 2.25. The molecule has 0 unspecified atom stereocenters. The maximum Gasteiger partial charge on any atom is 0.566 e. The first-order valence-electron chi connectivity index (χ1n) is 8.23. The Morgan fingerprint density at radius 2 is 1.52 bits per heavy atom. The number of likely N-dealkylation sites (N-methyl/N-ethyl adjacent to an activating group) is 1. The molecule has 2 N–H and O–H groups in total. The predicted octanol–water partition coefficient (Wildman–Crippen LogP) is 3.06. The number of ether oxygens (including phenoxy) is 1. The van der Waals surface area contributed by atoms with Gasteiger partial charge in [-0.2, -0.15) is 0 Å². The number of hydrogen-bond acceptors (Lipinski definition) is 5. The number of nitrogens with two attached hydrogens (primary N) is 1. The zero-order valence-electron chi connectivity index (χ0n) is 15.1. The predicted molar refractivity (Wildman–Crippen MR) is 103 cm³/mol. The van der Waals surface area contributed by atoms with Crippen LogP contribution in [-0.2, 0) is 14.1 Å². The molecular weight excluding hydrogens is 369 g/mol. The Labute approximate surface area is 158 Å². The number of rotatable bonds is 8. The third kappa shape index (κ3) is 6.67. The maximum absolute atomic E-state index is 13.2. The fraction of sp³-hybridized carbons (Fsp3) is 0.222. The molecule has 2 aromatic rings. The van der Waals surface area contributed by atoms with Crippen molar-refractivity contribution in [3.63, 3.8) is 0 Å². The summed E-state index contributed by atoms with van der Waals surface area (Å²) < 4.78 is 33.0. The van der Waals surface area contributed by atoms with Crippen LogP contribution in [0.3, 0.4) is 0 Å². The molecule has 2 aromatic carbocycles. The van der Waals surface area contributed by atoms with Crippen molar-refractivity contribution in [1.82, 2.24) is 4.90 Å². The standard InChI is InChI=1S/C18H22N3O5P/c1-3-24-17(22)14-21(2)18(19)20-27(23,25-15-10-6-4-7-11-15)26-16-12-8-5-9-13-16/h4-13H,3,14H2,1-2H3,(H2,19,20,23). The molecule has 0 saturated heterocycles. The van der Waals surface area contributed by atoms with E-state index in [1.165, 1.54) is 11.9 Å². The lowest BCUT2D eigenvalue weighted by Gasteiger charge is -2.20. The SMILES string of the molecule is CCOC(=O)CN(C)C(N)=NP(=O)(Oc1ccccc1)Oc1ccccc1. The molecule has 27 heavy (non-hydrogen) atoms. The van der Waals surface area contributed by atoms with E-state index >= 15 is 0 Å². The van der Waals surface area contributed by atoms with Gasteiger partial charge in [0, 0.05) is 7.05 Å². The van der Waals surface area contributed by atoms with E-state index < -0.39 is 13.7 Å². The zero-order chi connectivity index (χ0) is 19.7. The van der Waals surface area contributed by atoms with Crippen LogP contribution >= 0.6 is 7.75 Å². The summed E-state index contributed by atoms with van der Waals surface area (Å²) in [5, 5.41) is 0. The first-order chi connectivity index (χ1) is 12.9. The van der Waals surface area contributed by atoms with Crippen LogP contribution in [0.15, 0.2) is 65.4 Å². The highest BCUT2D eigenvalue weighted by molar-refractivity contribution is 7.53. The number of para-hydroxylation sites is 2. The second kappa shape index (κ2) is 9.64. The minimum absolute atomic E-state index is 0.153. The largest absolute Gasteiger partial charge is 0.566 e. The molecule has 0 aliphatic rings. The molecule has 0 spiro atoms. The van der Waals surface area contributed by atoms with E-state index in [0.717, 1.165) is 0 Å². The van der Waals surface area contributed by atoms with Gasteiger partial charge in [0.15, 0.2) is 0 Å². The summed E-state index contributed by atoms with van der Waals surface area (Å²) in [5.74, 6) is -0.0538. The zero-order valence-corrected chi connectivity index (χ0v) is 16.0. The molecule has 0 aromatic heterocycles. The van der Waals surface area contributed by atoms with E-state index in [2.05, 4.69) is 4.76 Å². The van der Waals surface area contributed by atoms with Crippen molar-refractivity contribution in [1.29, 1.82) is 0 Å². The lowest BCUT2D eigenvalue weighted by molar-refractivity contribution is -0.143. The number of esters is 1. The molecule has 0 heterocycles. The van der Waals surface area contributed by atoms with Crippen molar-refractivity contribution in [3.05, 3.63) is 60.7 Å². The summed E-state index contributed by atoms with van der Waals surface area (Å²) in [6.07, 6.45) is 0. The Morgan fingerprint density at radius 1 is 1.04 bits per heavy atom. The van der Waals surface area contributed by atoms with Crippen LogP contribution in [-0.4, -0.2) is 37.0 Å². The number of hydrogen-bond donors (Lipinski definition) is 1. The van der Waals surface area contributed by atoms with Gasteiger partial charge in [0.25, 0.3) is 0 Å². The first kappa shape index (κ1) is 20.3. The highest BCUT2D eigenvalue weighted by Gasteiger charge is 2.30. The van der Waals surface area contributed by atoms with Crippen molar-refractivity contribution >= 4 is 19.7 Å². The molecule has 0 bridgehead atoms. The third-order valence-corrected chi connectivity index (χ3v) is 4.55. The van der Waals surface area contributed by atoms with E-state index in [0.29, 0.717) is 11.5 Å². The van der Waals surface area contributed by atoms with Crippen LogP contribution < -0.4 is 14.8 Å². The lowest BCUT2D eigenvalue weighted by atomic mass is 10.3. The topological polar surface area (TPSA) is 103 Å². The van der Waals surface area contributed by atoms with Crippen molar-refractivity contribution in [3.8, 4) is 11.5 Å². The van der Waals surface area contributed by atoms with Crippen LogP contribution in [0.4, 0.5) is 0 Å². The molecule has 0 fully saturated rings. The Bertz CT molecular complexity index is 769. The number of carbonyl (C=O) groups excluding carboxylic acids is 1. The summed E-state index contributed by atoms with van der Waals surface area (Å²) in [7, 11) is -2.54. The third-order valence-electron chi connectivity index (χ3n) is 3.22. The van der Waals surface area contributed by atoms with E-state index in [1.54, 1.807) is 67.6 Å². The van der Waals surface area contributed by atoms with Crippen LogP contribution in [0.2, 0.25) is 0 Å². The molecule has 0 amide bonds. The fourth-order valence-corrected chi connectivity index (χ4v) is 3.27. The van der Waals surface area contributed by atoms with Gasteiger partial charge in [-0.1, -0.05) is 36.4 Å². The van der Waals surface area contributed by atoms with E-state index in [-0.39, 0.29) is 19.1 Å². The van der Waals surface area contributed by atoms with E-state index in [4.69, 9.17) is 19.5 Å². The number of guanidine groups is 1. The first-order valence-corrected chi connectivity index (χ1v) is 9.73. The maximum atomic E-state index is 13.2. The number of carbonyl (C=O) groups is 1. The summed E-state index contributed by atoms with van der Waals surface area (Å²) in [6.45, 7) is 1.79. The minimum Gasteiger partial charge on any atom is -0.465 e. The van der Waals surface area contributed by atoms with Gasteiger partial charge in [-0.3, -0.25) is 4.79 Å². The normalized spacial score (nSPS) is 11.6. The monoisotopic (exact) mass is 391 g/mol. The average Bonchev–Trinajstić information content (AvgIpc) is 2.63. The van der Waals surface area contributed by atoms with Crippen molar-refractivity contribution in [2.75, 3.05) is 20.2 Å². The number of benzene rings is 2. The van der Waals surface area contributed by atoms with Gasteiger partial charge in [0.05, 0.1) is 6.61 Å². The second-order valence-electron chi connectivity index (χ2n) is 5.40. The fourth-order valence-electron chi connectivity index (χ4n) is 1.97. The van der Waals surface area contributed by atoms with Crippen LogP contribution in [0.25, 0.3) is 0 Å². The lowest BCUT2D eigenvalue weighted by Crippen LogP contribution is -2.38. The molecule has 9 heteroatoms. The molecule has 144 valence electrons. The van der Waals surface area contributed by atoms with Crippen LogP contribution in [0.5, 0.6) is 11.5 Å². The quantitative estimate of drug-likeness (QED) is 0.319. The van der Waals surface area contributed by atoms with Gasteiger partial charge < -0.3 is 24.4 Å². The molecule has 8 nitrogen and oxygen atoms in total. The summed E-state index contributed by atoms with van der Waals surface area (Å²) in [6, 6.07) is 17.0. The molecule has 0 aliphatic heterocycles. The summed E-state index contributed by atoms with van der Waals surface area (Å²) in [5.41, 5.74) is 5.89. The van der Waals surface area contributed by atoms with Crippen LogP contribution in [0, 0.1) is 0 Å². The Morgan fingerprint density at radius 3 is 1.96 bits per heavy atom. The van der Waals surface area contributed by atoms with Crippen molar-refractivity contribution in [2.45, 2.75) is 6.92 Å². The number of nitrogens with zero attached hydrogens (tertiary/aromatic N) is 2. The van der Waals surface area contributed by atoms with Gasteiger partial charge >= 0.3 is 13.7 Å². The van der Waals surface area contributed by atoms with Gasteiger partial charge in [-0.05, 0) is 31.2 Å². The van der Waals surface area contributed by atoms with Gasteiger partial charge in [0.1, 0.15) is 18.0 Å². The van der Waals surface area contributed by atoms with Crippen LogP contribution in [0.1, 0.15) is 6.92 Å². The van der Waals surface area contributed by atoms with Gasteiger partial charge in [0.2, 0.25) is 5.96 Å². The molecule has 0 atom stereocenters. The smallest absolute Gasteiger partial charge is 0.465 e. The van der Waals surface area contributed by atoms with Crippen molar-refractivity contribution < 1.29 is 23.1 Å². The average molecular weight is 391 g/mol. The van der Waals surface area contributed by atoms with E-state index in [1.807, 2.05) is 0 Å². The van der Waals surface area contributed by atoms with E-state index in [9.17, 15) is 9.36 Å².